The number of ketones is 1. The number of carbonyl (C=O) groups is 2. The summed E-state index contributed by atoms with van der Waals surface area (Å²) in [4.78, 5) is 27.4. The van der Waals surface area contributed by atoms with Gasteiger partial charge in [-0.05, 0) is 32.0 Å². The molecule has 0 aromatic heterocycles. The predicted octanol–water partition coefficient (Wildman–Crippen LogP) is 3.13. The molecule has 1 aliphatic rings. The van der Waals surface area contributed by atoms with Crippen LogP contribution in [0.3, 0.4) is 0 Å². The number of benzene rings is 1. The minimum Gasteiger partial charge on any atom is -0.351 e. The molecule has 0 aliphatic carbocycles. The second kappa shape index (κ2) is 7.73. The second-order valence-corrected chi connectivity index (χ2v) is 7.28. The molecule has 0 saturated carbocycles. The van der Waals surface area contributed by atoms with Crippen molar-refractivity contribution < 1.29 is 9.59 Å². The van der Waals surface area contributed by atoms with E-state index in [1.807, 2.05) is 26.8 Å². The molecular formula is C19H28N2O2. The largest absolute Gasteiger partial charge is 0.351 e. The van der Waals surface area contributed by atoms with Crippen LogP contribution in [0.2, 0.25) is 0 Å². The predicted molar refractivity (Wildman–Crippen MR) is 92.9 cm³/mol. The van der Waals surface area contributed by atoms with E-state index >= 15 is 0 Å². The SMILES string of the molecule is CC(C)(C)C(=O)c1ccccc1C(=O)NCCN1CCCCC1. The lowest BCUT2D eigenvalue weighted by Crippen LogP contribution is -2.38. The summed E-state index contributed by atoms with van der Waals surface area (Å²) in [5.41, 5.74) is 0.492. The molecular weight excluding hydrogens is 288 g/mol. The Morgan fingerprint density at radius 2 is 1.65 bits per heavy atom. The maximum atomic E-state index is 12.5. The minimum absolute atomic E-state index is 0.000666. The van der Waals surface area contributed by atoms with E-state index in [-0.39, 0.29) is 11.7 Å². The molecule has 1 heterocycles. The van der Waals surface area contributed by atoms with Crippen molar-refractivity contribution in [1.29, 1.82) is 0 Å². The van der Waals surface area contributed by atoms with Gasteiger partial charge in [-0.25, -0.2) is 0 Å². The van der Waals surface area contributed by atoms with Crippen LogP contribution in [-0.2, 0) is 0 Å². The summed E-state index contributed by atoms with van der Waals surface area (Å²) in [6.45, 7) is 9.36. The monoisotopic (exact) mass is 316 g/mol. The minimum atomic E-state index is -0.496. The highest BCUT2D eigenvalue weighted by molar-refractivity contribution is 6.09. The van der Waals surface area contributed by atoms with Crippen molar-refractivity contribution in [3.8, 4) is 0 Å². The van der Waals surface area contributed by atoms with Gasteiger partial charge in [0.2, 0.25) is 0 Å². The van der Waals surface area contributed by atoms with E-state index in [4.69, 9.17) is 0 Å². The third-order valence-corrected chi connectivity index (χ3v) is 4.26. The molecule has 0 radical (unpaired) electrons. The zero-order valence-corrected chi connectivity index (χ0v) is 14.5. The first-order chi connectivity index (χ1) is 10.9. The Morgan fingerprint density at radius 3 is 2.26 bits per heavy atom. The molecule has 0 atom stereocenters. The lowest BCUT2D eigenvalue weighted by molar-refractivity contribution is 0.0846. The average Bonchev–Trinajstić information content (AvgIpc) is 2.54. The van der Waals surface area contributed by atoms with Gasteiger partial charge in [0.05, 0.1) is 5.56 Å². The number of carbonyl (C=O) groups excluding carboxylic acids is 2. The number of nitrogens with zero attached hydrogens (tertiary/aromatic N) is 1. The fourth-order valence-corrected chi connectivity index (χ4v) is 2.89. The van der Waals surface area contributed by atoms with Gasteiger partial charge in [0, 0.05) is 24.1 Å². The summed E-state index contributed by atoms with van der Waals surface area (Å²) in [7, 11) is 0. The van der Waals surface area contributed by atoms with Crippen LogP contribution in [0.1, 0.15) is 60.7 Å². The molecule has 1 aliphatic heterocycles. The average molecular weight is 316 g/mol. The Morgan fingerprint density at radius 1 is 1.04 bits per heavy atom. The number of hydrogen-bond acceptors (Lipinski definition) is 3. The number of amides is 1. The topological polar surface area (TPSA) is 49.4 Å². The molecule has 0 unspecified atom stereocenters. The Balaban J connectivity index is 1.98. The number of rotatable bonds is 5. The van der Waals surface area contributed by atoms with E-state index in [2.05, 4.69) is 10.2 Å². The van der Waals surface area contributed by atoms with Gasteiger partial charge in [-0.2, -0.15) is 0 Å². The van der Waals surface area contributed by atoms with Gasteiger partial charge >= 0.3 is 0 Å². The first-order valence-electron chi connectivity index (χ1n) is 8.54. The van der Waals surface area contributed by atoms with Crippen molar-refractivity contribution in [1.82, 2.24) is 10.2 Å². The van der Waals surface area contributed by atoms with Crippen molar-refractivity contribution in [3.05, 3.63) is 35.4 Å². The van der Waals surface area contributed by atoms with Crippen molar-refractivity contribution in [3.63, 3.8) is 0 Å². The van der Waals surface area contributed by atoms with E-state index in [1.165, 1.54) is 19.3 Å². The van der Waals surface area contributed by atoms with E-state index in [1.54, 1.807) is 18.2 Å². The van der Waals surface area contributed by atoms with E-state index in [0.717, 1.165) is 19.6 Å². The highest BCUT2D eigenvalue weighted by atomic mass is 16.2. The van der Waals surface area contributed by atoms with Crippen molar-refractivity contribution in [2.75, 3.05) is 26.2 Å². The summed E-state index contributed by atoms with van der Waals surface area (Å²) in [5.74, 6) is -0.158. The van der Waals surface area contributed by atoms with Crippen LogP contribution in [-0.4, -0.2) is 42.8 Å². The van der Waals surface area contributed by atoms with Crippen LogP contribution in [0.5, 0.6) is 0 Å². The highest BCUT2D eigenvalue weighted by Crippen LogP contribution is 2.23. The smallest absolute Gasteiger partial charge is 0.252 e. The number of nitrogens with one attached hydrogen (secondary N) is 1. The molecule has 0 bridgehead atoms. The lowest BCUT2D eigenvalue weighted by Gasteiger charge is -2.26. The molecule has 1 aromatic rings. The quantitative estimate of drug-likeness (QED) is 0.849. The van der Waals surface area contributed by atoms with Gasteiger partial charge in [-0.15, -0.1) is 0 Å². The normalized spacial score (nSPS) is 16.1. The summed E-state index contributed by atoms with van der Waals surface area (Å²) in [5, 5.41) is 2.96. The molecule has 23 heavy (non-hydrogen) atoms. The Bertz CT molecular complexity index is 555. The van der Waals surface area contributed by atoms with Crippen LogP contribution in [0.15, 0.2) is 24.3 Å². The molecule has 1 amide bonds. The first kappa shape index (κ1) is 17.7. The summed E-state index contributed by atoms with van der Waals surface area (Å²) < 4.78 is 0. The van der Waals surface area contributed by atoms with Crippen molar-refractivity contribution >= 4 is 11.7 Å². The number of piperidine rings is 1. The summed E-state index contributed by atoms with van der Waals surface area (Å²) >= 11 is 0. The molecule has 2 rings (SSSR count). The number of hydrogen-bond donors (Lipinski definition) is 1. The van der Waals surface area contributed by atoms with Gasteiger partial charge in [-0.1, -0.05) is 45.4 Å². The maximum Gasteiger partial charge on any atom is 0.252 e. The number of likely N-dealkylation sites (tertiary alicyclic amines) is 1. The van der Waals surface area contributed by atoms with Crippen molar-refractivity contribution in [2.45, 2.75) is 40.0 Å². The van der Waals surface area contributed by atoms with Crippen LogP contribution in [0, 0.1) is 5.41 Å². The maximum absolute atomic E-state index is 12.5. The van der Waals surface area contributed by atoms with E-state index in [0.29, 0.717) is 17.7 Å². The molecule has 1 N–H and O–H groups in total. The van der Waals surface area contributed by atoms with E-state index in [9.17, 15) is 9.59 Å². The van der Waals surface area contributed by atoms with Gasteiger partial charge in [0.1, 0.15) is 0 Å². The molecule has 4 nitrogen and oxygen atoms in total. The third kappa shape index (κ3) is 4.90. The Kier molecular flexibility index (Phi) is 5.94. The highest BCUT2D eigenvalue weighted by Gasteiger charge is 2.26. The fourth-order valence-electron chi connectivity index (χ4n) is 2.89. The van der Waals surface area contributed by atoms with Gasteiger partial charge in [0.25, 0.3) is 5.91 Å². The molecule has 4 heteroatoms. The number of Topliss-reactive ketones (excluding diaryl/α,β-unsaturated/α-hetero) is 1. The first-order valence-corrected chi connectivity index (χ1v) is 8.54. The van der Waals surface area contributed by atoms with Gasteiger partial charge < -0.3 is 10.2 Å². The summed E-state index contributed by atoms with van der Waals surface area (Å²) in [6, 6.07) is 7.09. The van der Waals surface area contributed by atoms with Crippen molar-refractivity contribution in [2.24, 2.45) is 5.41 Å². The van der Waals surface area contributed by atoms with Crippen LogP contribution in [0.25, 0.3) is 0 Å². The van der Waals surface area contributed by atoms with Gasteiger partial charge in [-0.3, -0.25) is 9.59 Å². The van der Waals surface area contributed by atoms with Crippen LogP contribution < -0.4 is 5.32 Å². The molecule has 1 saturated heterocycles. The standard InChI is InChI=1S/C19H28N2O2/c1-19(2,3)17(22)15-9-5-6-10-16(15)18(23)20-11-14-21-12-7-4-8-13-21/h5-6,9-10H,4,7-8,11-14H2,1-3H3,(H,20,23). The van der Waals surface area contributed by atoms with E-state index < -0.39 is 5.41 Å². The van der Waals surface area contributed by atoms with Crippen LogP contribution in [0.4, 0.5) is 0 Å². The van der Waals surface area contributed by atoms with Gasteiger partial charge in [0.15, 0.2) is 5.78 Å². The van der Waals surface area contributed by atoms with Crippen LogP contribution >= 0.6 is 0 Å². The molecule has 1 fully saturated rings. The summed E-state index contributed by atoms with van der Waals surface area (Å²) in [6.07, 6.45) is 3.80. The second-order valence-electron chi connectivity index (χ2n) is 7.28. The zero-order valence-electron chi connectivity index (χ0n) is 14.5. The zero-order chi connectivity index (χ0) is 16.9. The molecule has 126 valence electrons. The fraction of sp³-hybridized carbons (Fsp3) is 0.579. The molecule has 1 aromatic carbocycles. The lowest BCUT2D eigenvalue weighted by atomic mass is 9.84. The third-order valence-electron chi connectivity index (χ3n) is 4.26. The Labute approximate surface area is 139 Å². The Hall–Kier alpha value is -1.68. The molecule has 0 spiro atoms.